The van der Waals surface area contributed by atoms with Crippen LogP contribution in [0.25, 0.3) is 0 Å². The second-order valence-corrected chi connectivity index (χ2v) is 11.0. The molecule has 172 valence electrons. The van der Waals surface area contributed by atoms with Crippen molar-refractivity contribution in [1.82, 2.24) is 10.2 Å². The van der Waals surface area contributed by atoms with Gasteiger partial charge in [-0.05, 0) is 87.2 Å². The lowest BCUT2D eigenvalue weighted by atomic mass is 9.49. The van der Waals surface area contributed by atoms with Crippen molar-refractivity contribution in [3.05, 3.63) is 35.4 Å². The van der Waals surface area contributed by atoms with Gasteiger partial charge in [-0.1, -0.05) is 24.3 Å². The van der Waals surface area contributed by atoms with E-state index in [9.17, 15) is 14.4 Å². The number of nitrogens with two attached hydrogens (primary N) is 1. The average molecular weight is 438 g/mol. The minimum absolute atomic E-state index is 0.0378. The van der Waals surface area contributed by atoms with E-state index in [1.54, 1.807) is 6.92 Å². The number of likely N-dealkylation sites (tertiary alicyclic amines) is 1. The molecule has 5 aliphatic rings. The number of amides is 3. The molecule has 6 nitrogen and oxygen atoms in total. The van der Waals surface area contributed by atoms with Crippen LogP contribution in [0, 0.1) is 41.9 Å². The third-order valence-corrected chi connectivity index (χ3v) is 9.04. The Bertz CT molecular complexity index is 946. The molecule has 6 heteroatoms. The molecule has 4 bridgehead atoms. The molecule has 1 aliphatic heterocycles. The first-order valence-corrected chi connectivity index (χ1v) is 12.2. The Labute approximate surface area is 190 Å². The molecule has 0 aromatic heterocycles. The Morgan fingerprint density at radius 1 is 1.16 bits per heavy atom. The number of carbonyl (C=O) groups is 3. The smallest absolute Gasteiger partial charge is 0.238 e. The molecule has 5 fully saturated rings. The van der Waals surface area contributed by atoms with E-state index in [0.717, 1.165) is 43.2 Å². The fraction of sp³-hybridized carbons (Fsp3) is 0.654. The molecule has 1 aromatic carbocycles. The number of piperidine rings is 1. The van der Waals surface area contributed by atoms with Crippen LogP contribution < -0.4 is 11.1 Å². The number of hydrogen-bond donors (Lipinski definition) is 2. The zero-order valence-electron chi connectivity index (χ0n) is 19.2. The Kier molecular flexibility index (Phi) is 5.30. The van der Waals surface area contributed by atoms with Crippen molar-refractivity contribution < 1.29 is 14.4 Å². The van der Waals surface area contributed by atoms with E-state index < -0.39 is 5.41 Å². The van der Waals surface area contributed by atoms with Crippen molar-refractivity contribution in [2.24, 2.45) is 40.7 Å². The minimum Gasteiger partial charge on any atom is -0.369 e. The average Bonchev–Trinajstić information content (AvgIpc) is 2.74. The van der Waals surface area contributed by atoms with Gasteiger partial charge < -0.3 is 16.0 Å². The van der Waals surface area contributed by atoms with Crippen LogP contribution in [0.3, 0.4) is 0 Å². The van der Waals surface area contributed by atoms with Crippen molar-refractivity contribution in [2.45, 2.75) is 65.0 Å². The van der Waals surface area contributed by atoms with Crippen molar-refractivity contribution in [3.63, 3.8) is 0 Å². The van der Waals surface area contributed by atoms with E-state index in [-0.39, 0.29) is 35.6 Å². The van der Waals surface area contributed by atoms with Gasteiger partial charge in [0.05, 0.1) is 0 Å². The van der Waals surface area contributed by atoms with Gasteiger partial charge in [-0.25, -0.2) is 0 Å². The van der Waals surface area contributed by atoms with Gasteiger partial charge in [0.1, 0.15) is 5.41 Å². The largest absolute Gasteiger partial charge is 0.369 e. The Morgan fingerprint density at radius 3 is 2.66 bits per heavy atom. The predicted octanol–water partition coefficient (Wildman–Crippen LogP) is 2.78. The maximum Gasteiger partial charge on any atom is 0.238 e. The van der Waals surface area contributed by atoms with Gasteiger partial charge in [0, 0.05) is 25.0 Å². The van der Waals surface area contributed by atoms with Crippen LogP contribution in [0.4, 0.5) is 0 Å². The molecule has 7 atom stereocenters. The van der Waals surface area contributed by atoms with Crippen LogP contribution in [0.2, 0.25) is 0 Å². The zero-order chi connectivity index (χ0) is 22.6. The second-order valence-electron chi connectivity index (χ2n) is 11.0. The summed E-state index contributed by atoms with van der Waals surface area (Å²) in [5, 5.41) is 3.29. The Balaban J connectivity index is 1.33. The van der Waals surface area contributed by atoms with Crippen LogP contribution in [-0.2, 0) is 20.9 Å². The molecule has 32 heavy (non-hydrogen) atoms. The standard InChI is InChI=1S/C26H35N3O3/c1-15-6-3-4-7-17(15)14-29-9-5-8-26(2,25(29)32)24(31)28-22-19-11-16-10-18(13-19)21(23(27)30)20(22)12-16/h3-4,6-7,16,18-22H,5,8-14H2,1-2H3,(H2,27,30)(H,28,31). The summed E-state index contributed by atoms with van der Waals surface area (Å²) in [5.74, 6) is 0.949. The lowest BCUT2D eigenvalue weighted by Gasteiger charge is -2.57. The molecule has 1 heterocycles. The van der Waals surface area contributed by atoms with E-state index >= 15 is 0 Å². The van der Waals surface area contributed by atoms with E-state index in [4.69, 9.17) is 5.73 Å². The van der Waals surface area contributed by atoms with Gasteiger partial charge in [0.25, 0.3) is 0 Å². The highest BCUT2D eigenvalue weighted by Gasteiger charge is 2.57. The predicted molar refractivity (Wildman–Crippen MR) is 121 cm³/mol. The summed E-state index contributed by atoms with van der Waals surface area (Å²) in [6.45, 7) is 5.07. The van der Waals surface area contributed by atoms with Gasteiger partial charge in [0.15, 0.2) is 0 Å². The number of rotatable bonds is 5. The Morgan fingerprint density at radius 2 is 1.91 bits per heavy atom. The summed E-state index contributed by atoms with van der Waals surface area (Å²) < 4.78 is 0. The first-order chi connectivity index (χ1) is 15.3. The van der Waals surface area contributed by atoms with Gasteiger partial charge >= 0.3 is 0 Å². The maximum absolute atomic E-state index is 13.6. The second kappa shape index (κ2) is 7.89. The third kappa shape index (κ3) is 3.43. The topological polar surface area (TPSA) is 92.5 Å². The number of carbonyl (C=O) groups excluding carboxylic acids is 3. The fourth-order valence-corrected chi connectivity index (χ4v) is 7.43. The number of primary amides is 1. The summed E-state index contributed by atoms with van der Waals surface area (Å²) in [6, 6.07) is 8.05. The van der Waals surface area contributed by atoms with Crippen LogP contribution in [0.15, 0.2) is 24.3 Å². The fourth-order valence-electron chi connectivity index (χ4n) is 7.43. The van der Waals surface area contributed by atoms with E-state index in [1.165, 1.54) is 0 Å². The molecule has 3 amide bonds. The minimum atomic E-state index is -1.06. The summed E-state index contributed by atoms with van der Waals surface area (Å²) in [6.07, 6.45) is 5.53. The molecule has 1 saturated heterocycles. The van der Waals surface area contributed by atoms with E-state index in [1.807, 2.05) is 23.1 Å². The summed E-state index contributed by atoms with van der Waals surface area (Å²) in [7, 11) is 0. The van der Waals surface area contributed by atoms with Gasteiger partial charge in [-0.2, -0.15) is 0 Å². The van der Waals surface area contributed by atoms with Crippen LogP contribution in [0.5, 0.6) is 0 Å². The summed E-state index contributed by atoms with van der Waals surface area (Å²) >= 11 is 0. The number of aryl methyl sites for hydroxylation is 1. The quantitative estimate of drug-likeness (QED) is 0.694. The molecular weight excluding hydrogens is 402 g/mol. The van der Waals surface area contributed by atoms with Gasteiger partial charge in [-0.15, -0.1) is 0 Å². The normalized spacial score (nSPS) is 38.1. The molecule has 0 spiro atoms. The van der Waals surface area contributed by atoms with E-state index in [0.29, 0.717) is 37.3 Å². The van der Waals surface area contributed by atoms with Crippen molar-refractivity contribution in [1.29, 1.82) is 0 Å². The molecule has 1 aromatic rings. The number of benzene rings is 1. The van der Waals surface area contributed by atoms with Crippen molar-refractivity contribution in [2.75, 3.05) is 6.54 Å². The molecule has 4 saturated carbocycles. The number of nitrogens with one attached hydrogen (secondary N) is 1. The summed E-state index contributed by atoms with van der Waals surface area (Å²) in [4.78, 5) is 41.2. The number of nitrogens with zero attached hydrogens (tertiary/aromatic N) is 1. The molecule has 0 radical (unpaired) electrons. The van der Waals surface area contributed by atoms with Crippen molar-refractivity contribution in [3.8, 4) is 0 Å². The first kappa shape index (κ1) is 21.5. The van der Waals surface area contributed by atoms with Crippen LogP contribution >= 0.6 is 0 Å². The maximum atomic E-state index is 13.6. The SMILES string of the molecule is Cc1ccccc1CN1CCCC(C)(C(=O)NC2C3CC4CC(C3)C(C(N)=O)C2C4)C1=O. The van der Waals surface area contributed by atoms with Gasteiger partial charge in [-0.3, -0.25) is 14.4 Å². The zero-order valence-corrected chi connectivity index (χ0v) is 19.2. The molecule has 7 unspecified atom stereocenters. The molecular formula is C26H35N3O3. The highest BCUT2D eigenvalue weighted by atomic mass is 16.2. The first-order valence-electron chi connectivity index (χ1n) is 12.2. The highest BCUT2D eigenvalue weighted by Crippen LogP contribution is 2.56. The monoisotopic (exact) mass is 437 g/mol. The highest BCUT2D eigenvalue weighted by molar-refractivity contribution is 6.05. The lowest BCUT2D eigenvalue weighted by Crippen LogP contribution is -2.64. The Hall–Kier alpha value is -2.37. The van der Waals surface area contributed by atoms with Crippen LogP contribution in [-0.4, -0.2) is 35.2 Å². The van der Waals surface area contributed by atoms with Crippen LogP contribution in [0.1, 0.15) is 56.6 Å². The molecule has 3 N–H and O–H groups in total. The summed E-state index contributed by atoms with van der Waals surface area (Å²) in [5.41, 5.74) is 7.01. The van der Waals surface area contributed by atoms with E-state index in [2.05, 4.69) is 18.3 Å². The lowest BCUT2D eigenvalue weighted by molar-refractivity contribution is -0.157. The third-order valence-electron chi connectivity index (χ3n) is 9.04. The van der Waals surface area contributed by atoms with Crippen molar-refractivity contribution >= 4 is 17.7 Å². The van der Waals surface area contributed by atoms with Gasteiger partial charge in [0.2, 0.25) is 17.7 Å². The number of hydrogen-bond acceptors (Lipinski definition) is 3. The molecule has 6 rings (SSSR count). The molecule has 4 aliphatic carbocycles.